The summed E-state index contributed by atoms with van der Waals surface area (Å²) in [5.74, 6) is 1.57. The van der Waals surface area contributed by atoms with E-state index in [9.17, 15) is 0 Å². The van der Waals surface area contributed by atoms with Gasteiger partial charge in [0.1, 0.15) is 5.82 Å². The van der Waals surface area contributed by atoms with Crippen molar-refractivity contribution in [3.05, 3.63) is 29.8 Å². The number of imidazole rings is 1. The van der Waals surface area contributed by atoms with Gasteiger partial charge in [0.2, 0.25) is 5.28 Å². The van der Waals surface area contributed by atoms with E-state index >= 15 is 0 Å². The van der Waals surface area contributed by atoms with Gasteiger partial charge in [-0.25, -0.2) is 4.98 Å². The lowest BCUT2D eigenvalue weighted by molar-refractivity contribution is 0.0986. The lowest BCUT2D eigenvalue weighted by Gasteiger charge is -2.34. The van der Waals surface area contributed by atoms with Crippen LogP contribution in [-0.4, -0.2) is 50.3 Å². The summed E-state index contributed by atoms with van der Waals surface area (Å²) in [5, 5.41) is 0.223. The van der Waals surface area contributed by atoms with Gasteiger partial charge in [-0.05, 0) is 30.7 Å². The molecule has 0 aliphatic carbocycles. The van der Waals surface area contributed by atoms with Crippen molar-refractivity contribution in [1.29, 1.82) is 0 Å². The molecule has 0 saturated carbocycles. The molecule has 1 atom stereocenters. The van der Waals surface area contributed by atoms with Crippen molar-refractivity contribution in [3.8, 4) is 11.4 Å². The number of fused-ring (bicyclic) bond motifs is 1. The first-order valence-electron chi connectivity index (χ1n) is 7.80. The predicted molar refractivity (Wildman–Crippen MR) is 92.2 cm³/mol. The second-order valence-corrected chi connectivity index (χ2v) is 6.17. The summed E-state index contributed by atoms with van der Waals surface area (Å²) < 4.78 is 7.46. The van der Waals surface area contributed by atoms with E-state index in [4.69, 9.17) is 21.3 Å². The molecule has 7 nitrogen and oxygen atoms in total. The quantitative estimate of drug-likeness (QED) is 0.664. The van der Waals surface area contributed by atoms with Crippen LogP contribution in [0.5, 0.6) is 0 Å². The summed E-state index contributed by atoms with van der Waals surface area (Å²) in [6, 6.07) is 4.06. The topological polar surface area (TPSA) is 69.0 Å². The summed E-state index contributed by atoms with van der Waals surface area (Å²) in [5.41, 5.74) is 2.44. The van der Waals surface area contributed by atoms with Gasteiger partial charge < -0.3 is 14.2 Å². The first-order valence-corrected chi connectivity index (χ1v) is 8.17. The summed E-state index contributed by atoms with van der Waals surface area (Å²) in [6.07, 6.45) is 3.50. The molecule has 0 bridgehead atoms. The van der Waals surface area contributed by atoms with Crippen molar-refractivity contribution in [2.75, 3.05) is 24.7 Å². The molecule has 3 aromatic rings. The molecule has 1 unspecified atom stereocenters. The first kappa shape index (κ1) is 15.3. The molecule has 0 spiro atoms. The fourth-order valence-electron chi connectivity index (χ4n) is 3.02. The van der Waals surface area contributed by atoms with Crippen LogP contribution in [0, 0.1) is 0 Å². The van der Waals surface area contributed by atoms with Crippen LogP contribution >= 0.6 is 11.6 Å². The molecule has 3 aromatic heterocycles. The average Bonchev–Trinajstić information content (AvgIpc) is 2.93. The predicted octanol–water partition coefficient (Wildman–Crippen LogP) is 2.30. The SMILES string of the molecule is CC1COCCN1c1nc(Cl)nc2c1nc(-c1ccncc1)n2C. The van der Waals surface area contributed by atoms with Crippen LogP contribution in [-0.2, 0) is 11.8 Å². The summed E-state index contributed by atoms with van der Waals surface area (Å²) in [6.45, 7) is 4.18. The largest absolute Gasteiger partial charge is 0.377 e. The van der Waals surface area contributed by atoms with Crippen molar-refractivity contribution in [3.63, 3.8) is 0 Å². The van der Waals surface area contributed by atoms with Crippen LogP contribution in [0.4, 0.5) is 5.82 Å². The number of aryl methyl sites for hydroxylation is 1. The van der Waals surface area contributed by atoms with Gasteiger partial charge in [0.05, 0.1) is 19.3 Å². The fourth-order valence-corrected chi connectivity index (χ4v) is 3.18. The molecule has 0 radical (unpaired) electrons. The van der Waals surface area contributed by atoms with Crippen molar-refractivity contribution in [2.45, 2.75) is 13.0 Å². The van der Waals surface area contributed by atoms with Crippen LogP contribution < -0.4 is 4.90 Å². The van der Waals surface area contributed by atoms with Crippen molar-refractivity contribution in [1.82, 2.24) is 24.5 Å². The lowest BCUT2D eigenvalue weighted by Crippen LogP contribution is -2.44. The molecule has 0 amide bonds. The fraction of sp³-hybridized carbons (Fsp3) is 0.375. The second kappa shape index (κ2) is 5.99. The highest BCUT2D eigenvalue weighted by molar-refractivity contribution is 6.28. The van der Waals surface area contributed by atoms with E-state index in [2.05, 4.69) is 26.8 Å². The third kappa shape index (κ3) is 2.50. The Kier molecular flexibility index (Phi) is 3.82. The van der Waals surface area contributed by atoms with Gasteiger partial charge >= 0.3 is 0 Å². The highest BCUT2D eigenvalue weighted by atomic mass is 35.5. The monoisotopic (exact) mass is 344 g/mol. The molecular formula is C16H17ClN6O. The molecule has 124 valence electrons. The molecule has 0 aromatic carbocycles. The number of aromatic nitrogens is 5. The van der Waals surface area contributed by atoms with Crippen molar-refractivity contribution >= 4 is 28.6 Å². The molecule has 4 heterocycles. The Labute approximate surface area is 144 Å². The third-order valence-electron chi connectivity index (χ3n) is 4.25. The van der Waals surface area contributed by atoms with E-state index in [0.717, 1.165) is 34.9 Å². The van der Waals surface area contributed by atoms with Gasteiger partial charge in [-0.3, -0.25) is 4.98 Å². The maximum atomic E-state index is 6.19. The number of halogens is 1. The van der Waals surface area contributed by atoms with Gasteiger partial charge in [0.25, 0.3) is 0 Å². The Bertz CT molecular complexity index is 881. The smallest absolute Gasteiger partial charge is 0.226 e. The minimum Gasteiger partial charge on any atom is -0.377 e. The number of nitrogens with zero attached hydrogens (tertiary/aromatic N) is 6. The number of rotatable bonds is 2. The van der Waals surface area contributed by atoms with Crippen LogP contribution in [0.15, 0.2) is 24.5 Å². The normalized spacial score (nSPS) is 18.3. The number of anilines is 1. The number of hydrogen-bond donors (Lipinski definition) is 0. The van der Waals surface area contributed by atoms with Crippen LogP contribution in [0.2, 0.25) is 5.28 Å². The first-order chi connectivity index (χ1) is 11.6. The zero-order valence-corrected chi connectivity index (χ0v) is 14.2. The highest BCUT2D eigenvalue weighted by Crippen LogP contribution is 2.30. The van der Waals surface area contributed by atoms with E-state index in [0.29, 0.717) is 13.2 Å². The van der Waals surface area contributed by atoms with E-state index in [1.165, 1.54) is 0 Å². The maximum Gasteiger partial charge on any atom is 0.226 e. The molecule has 1 saturated heterocycles. The Morgan fingerprint density at radius 1 is 1.21 bits per heavy atom. The molecule has 24 heavy (non-hydrogen) atoms. The second-order valence-electron chi connectivity index (χ2n) is 5.84. The summed E-state index contributed by atoms with van der Waals surface area (Å²) in [7, 11) is 1.93. The molecular weight excluding hydrogens is 328 g/mol. The van der Waals surface area contributed by atoms with Gasteiger partial charge in [0, 0.05) is 31.5 Å². The minimum absolute atomic E-state index is 0.208. The number of morpholine rings is 1. The van der Waals surface area contributed by atoms with E-state index in [1.54, 1.807) is 12.4 Å². The van der Waals surface area contributed by atoms with Crippen LogP contribution in [0.25, 0.3) is 22.6 Å². The Balaban J connectivity index is 1.92. The van der Waals surface area contributed by atoms with Crippen LogP contribution in [0.3, 0.4) is 0 Å². The van der Waals surface area contributed by atoms with E-state index in [-0.39, 0.29) is 11.3 Å². The molecule has 1 aliphatic rings. The number of hydrogen-bond acceptors (Lipinski definition) is 6. The molecule has 8 heteroatoms. The Morgan fingerprint density at radius 2 is 2.00 bits per heavy atom. The maximum absolute atomic E-state index is 6.19. The lowest BCUT2D eigenvalue weighted by atomic mass is 10.2. The Hall–Kier alpha value is -2.25. The minimum atomic E-state index is 0.208. The van der Waals surface area contributed by atoms with E-state index < -0.39 is 0 Å². The molecule has 1 aliphatic heterocycles. The van der Waals surface area contributed by atoms with Gasteiger partial charge in [-0.1, -0.05) is 0 Å². The number of ether oxygens (including phenoxy) is 1. The standard InChI is InChI=1S/C16H17ClN6O/c1-10-9-24-8-7-23(10)15-12-14(20-16(17)21-15)22(2)13(19-12)11-3-5-18-6-4-11/h3-6,10H,7-9H2,1-2H3. The zero-order chi connectivity index (χ0) is 16.7. The van der Waals surface area contributed by atoms with E-state index in [1.807, 2.05) is 23.7 Å². The van der Waals surface area contributed by atoms with Crippen molar-refractivity contribution < 1.29 is 4.74 Å². The third-order valence-corrected chi connectivity index (χ3v) is 4.42. The van der Waals surface area contributed by atoms with Gasteiger partial charge in [-0.15, -0.1) is 0 Å². The summed E-state index contributed by atoms with van der Waals surface area (Å²) in [4.78, 5) is 19.9. The average molecular weight is 345 g/mol. The highest BCUT2D eigenvalue weighted by Gasteiger charge is 2.26. The molecule has 1 fully saturated rings. The molecule has 0 N–H and O–H groups in total. The number of pyridine rings is 1. The van der Waals surface area contributed by atoms with Crippen LogP contribution in [0.1, 0.15) is 6.92 Å². The summed E-state index contributed by atoms with van der Waals surface area (Å²) >= 11 is 6.19. The Morgan fingerprint density at radius 3 is 2.75 bits per heavy atom. The van der Waals surface area contributed by atoms with Gasteiger partial charge in [-0.2, -0.15) is 9.97 Å². The van der Waals surface area contributed by atoms with Gasteiger partial charge in [0.15, 0.2) is 17.0 Å². The molecule has 4 rings (SSSR count). The van der Waals surface area contributed by atoms with Crippen molar-refractivity contribution in [2.24, 2.45) is 7.05 Å². The zero-order valence-electron chi connectivity index (χ0n) is 13.5.